The van der Waals surface area contributed by atoms with Gasteiger partial charge in [0, 0.05) is 0 Å². The average Bonchev–Trinajstić information content (AvgIpc) is 2.48. The molecule has 6 heteroatoms. The molecule has 1 heterocycles. The van der Waals surface area contributed by atoms with Crippen molar-refractivity contribution >= 4 is 5.97 Å². The van der Waals surface area contributed by atoms with Gasteiger partial charge in [0.25, 0.3) is 6.36 Å². The van der Waals surface area contributed by atoms with Gasteiger partial charge in [-0.1, -0.05) is 0 Å². The Morgan fingerprint density at radius 2 is 2.21 bits per heavy atom. The van der Waals surface area contributed by atoms with E-state index in [0.717, 1.165) is 12.1 Å². The zero-order chi connectivity index (χ0) is 10.3. The molecule has 1 N–H and O–H groups in total. The molecule has 0 spiro atoms. The van der Waals surface area contributed by atoms with Crippen LogP contribution < -0.4 is 4.89 Å². The van der Waals surface area contributed by atoms with Gasteiger partial charge in [-0.2, -0.15) is 0 Å². The monoisotopic (exact) mass is 202 g/mol. The molecule has 0 saturated heterocycles. The topological polar surface area (TPSA) is 55.8 Å². The molecule has 14 heavy (non-hydrogen) atoms. The summed E-state index contributed by atoms with van der Waals surface area (Å²) in [6, 6.07) is 2.12. The number of hydrogen-bond acceptors (Lipinski definition) is 3. The van der Waals surface area contributed by atoms with Gasteiger partial charge < -0.3 is 9.99 Å². The van der Waals surface area contributed by atoms with Crippen LogP contribution >= 0.6 is 0 Å². The molecule has 1 unspecified atom stereocenters. The third-order valence-corrected chi connectivity index (χ3v) is 1.82. The van der Waals surface area contributed by atoms with Crippen molar-refractivity contribution in [3.63, 3.8) is 0 Å². The van der Waals surface area contributed by atoms with Gasteiger partial charge in [-0.25, -0.2) is 13.6 Å². The van der Waals surface area contributed by atoms with E-state index >= 15 is 0 Å². The summed E-state index contributed by atoms with van der Waals surface area (Å²) in [6.07, 6.45) is -2.08. The Morgan fingerprint density at radius 1 is 1.50 bits per heavy atom. The molecule has 1 aromatic rings. The van der Waals surface area contributed by atoms with Gasteiger partial charge in [-0.05, 0) is 12.1 Å². The number of aromatic carboxylic acids is 1. The Hall–Kier alpha value is -1.69. The lowest BCUT2D eigenvalue weighted by Crippen LogP contribution is -2.03. The minimum atomic E-state index is -2.08. The zero-order valence-corrected chi connectivity index (χ0v) is 6.66. The molecule has 0 bridgehead atoms. The minimum Gasteiger partial charge on any atom is -0.478 e. The zero-order valence-electron chi connectivity index (χ0n) is 6.66. The molecule has 0 amide bonds. The molecular weight excluding hydrogens is 198 g/mol. The number of hydrogen-bond donors (Lipinski definition) is 1. The summed E-state index contributed by atoms with van der Waals surface area (Å²) in [6.45, 7) is 0. The third kappa shape index (κ3) is 1.12. The van der Waals surface area contributed by atoms with E-state index in [-0.39, 0.29) is 5.75 Å². The lowest BCUT2D eigenvalue weighted by molar-refractivity contribution is -0.261. The van der Waals surface area contributed by atoms with Gasteiger partial charge in [-0.3, -0.25) is 0 Å². The summed E-state index contributed by atoms with van der Waals surface area (Å²) in [5.41, 5.74) is -1.12. The van der Waals surface area contributed by atoms with Crippen molar-refractivity contribution in [2.75, 3.05) is 0 Å². The summed E-state index contributed by atoms with van der Waals surface area (Å²) in [5.74, 6) is -2.77. The van der Waals surface area contributed by atoms with E-state index < -0.39 is 29.3 Å². The number of halogens is 2. The van der Waals surface area contributed by atoms with Crippen LogP contribution in [0.5, 0.6) is 5.75 Å². The standard InChI is InChI=1S/C8H4F2O4/c9-6-3(8(11)12)1-2-4-5(6)7(10)14-13-4/h1-2,7H,(H,11,12). The van der Waals surface area contributed by atoms with Crippen molar-refractivity contribution in [2.24, 2.45) is 0 Å². The Balaban J connectivity index is 2.61. The van der Waals surface area contributed by atoms with Gasteiger partial charge in [0.1, 0.15) is 5.82 Å². The molecule has 0 aliphatic carbocycles. The van der Waals surface area contributed by atoms with Crippen molar-refractivity contribution < 1.29 is 28.5 Å². The van der Waals surface area contributed by atoms with Crippen LogP contribution in [0.2, 0.25) is 0 Å². The van der Waals surface area contributed by atoms with Crippen LogP contribution in [0.15, 0.2) is 12.1 Å². The normalized spacial score (nSPS) is 18.9. The number of benzene rings is 1. The van der Waals surface area contributed by atoms with Crippen LogP contribution in [0.3, 0.4) is 0 Å². The molecule has 0 fully saturated rings. The Kier molecular flexibility index (Phi) is 1.85. The van der Waals surface area contributed by atoms with Gasteiger partial charge in [0.15, 0.2) is 5.75 Å². The first-order chi connectivity index (χ1) is 6.61. The van der Waals surface area contributed by atoms with Gasteiger partial charge in [0.05, 0.1) is 11.1 Å². The molecule has 4 nitrogen and oxygen atoms in total. The van der Waals surface area contributed by atoms with Crippen molar-refractivity contribution in [3.8, 4) is 5.75 Å². The third-order valence-electron chi connectivity index (χ3n) is 1.82. The molecule has 2 rings (SSSR count). The summed E-state index contributed by atoms with van der Waals surface area (Å²) < 4.78 is 26.1. The largest absolute Gasteiger partial charge is 0.478 e. The summed E-state index contributed by atoms with van der Waals surface area (Å²) in [5, 5.41) is 8.54. The molecule has 0 radical (unpaired) electrons. The van der Waals surface area contributed by atoms with E-state index in [0.29, 0.717) is 0 Å². The fourth-order valence-corrected chi connectivity index (χ4v) is 1.17. The summed E-state index contributed by atoms with van der Waals surface area (Å²) in [7, 11) is 0. The second-order valence-electron chi connectivity index (χ2n) is 2.64. The first-order valence-electron chi connectivity index (χ1n) is 3.64. The van der Waals surface area contributed by atoms with Gasteiger partial charge in [-0.15, -0.1) is 4.89 Å². The second-order valence-corrected chi connectivity index (χ2v) is 2.64. The van der Waals surface area contributed by atoms with Crippen LogP contribution in [0.1, 0.15) is 22.3 Å². The number of carboxylic acid groups (broad SMARTS) is 1. The minimum absolute atomic E-state index is 0.139. The predicted molar refractivity (Wildman–Crippen MR) is 38.9 cm³/mol. The Morgan fingerprint density at radius 3 is 2.86 bits per heavy atom. The number of alkyl halides is 1. The average molecular weight is 202 g/mol. The van der Waals surface area contributed by atoms with Crippen LogP contribution in [-0.4, -0.2) is 11.1 Å². The first kappa shape index (κ1) is 8.89. The fraction of sp³-hybridized carbons (Fsp3) is 0.125. The van der Waals surface area contributed by atoms with E-state index in [4.69, 9.17) is 5.11 Å². The molecule has 1 aliphatic rings. The lowest BCUT2D eigenvalue weighted by Gasteiger charge is -2.00. The molecule has 1 aliphatic heterocycles. The maximum atomic E-state index is 13.3. The maximum Gasteiger partial charge on any atom is 0.338 e. The number of rotatable bonds is 1. The SMILES string of the molecule is O=C(O)c1ccc2c(c1F)C(F)OO2. The van der Waals surface area contributed by atoms with Crippen molar-refractivity contribution in [2.45, 2.75) is 6.36 Å². The lowest BCUT2D eigenvalue weighted by atomic mass is 10.1. The smallest absolute Gasteiger partial charge is 0.338 e. The fourth-order valence-electron chi connectivity index (χ4n) is 1.17. The van der Waals surface area contributed by atoms with Gasteiger partial charge in [0.2, 0.25) is 0 Å². The van der Waals surface area contributed by atoms with Crippen LogP contribution in [-0.2, 0) is 4.89 Å². The summed E-state index contributed by atoms with van der Waals surface area (Å²) in [4.78, 5) is 18.8. The van der Waals surface area contributed by atoms with E-state index in [2.05, 4.69) is 9.78 Å². The molecule has 1 aromatic carbocycles. The van der Waals surface area contributed by atoms with E-state index in [1.54, 1.807) is 0 Å². The van der Waals surface area contributed by atoms with Crippen molar-refractivity contribution in [3.05, 3.63) is 29.1 Å². The Labute approximate surface area is 76.6 Å². The highest BCUT2D eigenvalue weighted by Crippen LogP contribution is 2.38. The predicted octanol–water partition coefficient (Wildman–Crippen LogP) is 1.82. The van der Waals surface area contributed by atoms with E-state index in [1.165, 1.54) is 0 Å². The van der Waals surface area contributed by atoms with Crippen molar-refractivity contribution in [1.29, 1.82) is 0 Å². The molecule has 0 aromatic heterocycles. The number of carboxylic acids is 1. The molecular formula is C8H4F2O4. The molecule has 1 atom stereocenters. The number of fused-ring (bicyclic) bond motifs is 1. The highest BCUT2D eigenvalue weighted by atomic mass is 19.2. The first-order valence-corrected chi connectivity index (χ1v) is 3.64. The van der Waals surface area contributed by atoms with Crippen LogP contribution in [0, 0.1) is 5.82 Å². The van der Waals surface area contributed by atoms with Crippen LogP contribution in [0.25, 0.3) is 0 Å². The quantitative estimate of drug-likeness (QED) is 0.705. The Bertz CT molecular complexity index is 405. The van der Waals surface area contributed by atoms with E-state index in [9.17, 15) is 13.6 Å². The molecule has 0 saturated carbocycles. The highest BCUT2D eigenvalue weighted by Gasteiger charge is 2.32. The number of carbonyl (C=O) groups is 1. The highest BCUT2D eigenvalue weighted by molar-refractivity contribution is 5.88. The second kappa shape index (κ2) is 2.91. The van der Waals surface area contributed by atoms with Gasteiger partial charge >= 0.3 is 5.97 Å². The maximum absolute atomic E-state index is 13.3. The summed E-state index contributed by atoms with van der Waals surface area (Å²) >= 11 is 0. The van der Waals surface area contributed by atoms with E-state index in [1.807, 2.05) is 0 Å². The molecule has 74 valence electrons. The van der Waals surface area contributed by atoms with Crippen LogP contribution in [0.4, 0.5) is 8.78 Å². The van der Waals surface area contributed by atoms with Crippen molar-refractivity contribution in [1.82, 2.24) is 0 Å².